The SMILES string of the molecule is CO[C@H]1[C@@H](OC(C)=O)[C@H](n2ccc(=O)[nH]c2=O)O[C@@H]1[C@H](O[C@H]1OC(C(=O)NCCSSCCNC(C)=O)=C[C@H](OC(C)=O)[C@@H]1OC(C)=O)C(N)=O. The van der Waals surface area contributed by atoms with Crippen molar-refractivity contribution in [1.82, 2.24) is 20.2 Å². The molecule has 1 aromatic heterocycles. The second-order valence-electron chi connectivity index (χ2n) is 10.8. The summed E-state index contributed by atoms with van der Waals surface area (Å²) >= 11 is 0. The lowest BCUT2D eigenvalue weighted by molar-refractivity contribution is -0.249. The Bertz CT molecular complexity index is 1600. The summed E-state index contributed by atoms with van der Waals surface area (Å²) in [5.41, 5.74) is 4.06. The molecule has 8 atom stereocenters. The van der Waals surface area contributed by atoms with E-state index in [0.29, 0.717) is 18.1 Å². The Balaban J connectivity index is 1.89. The molecule has 0 bridgehead atoms. The molecule has 22 heteroatoms. The van der Waals surface area contributed by atoms with Gasteiger partial charge >= 0.3 is 23.6 Å². The fourth-order valence-corrected chi connectivity index (χ4v) is 6.76. The van der Waals surface area contributed by atoms with Crippen molar-refractivity contribution in [3.05, 3.63) is 44.9 Å². The molecular formula is C29H39N5O15S2. The molecule has 2 aliphatic heterocycles. The van der Waals surface area contributed by atoms with Crippen LogP contribution in [-0.4, -0.2) is 120 Å². The van der Waals surface area contributed by atoms with Gasteiger partial charge in [-0.1, -0.05) is 21.6 Å². The fourth-order valence-electron chi connectivity index (χ4n) is 4.95. The van der Waals surface area contributed by atoms with Crippen LogP contribution in [0.2, 0.25) is 0 Å². The molecule has 1 fully saturated rings. The van der Waals surface area contributed by atoms with Gasteiger partial charge in [-0.3, -0.25) is 43.1 Å². The van der Waals surface area contributed by atoms with Crippen molar-refractivity contribution in [2.24, 2.45) is 5.73 Å². The number of carbonyl (C=O) groups is 6. The molecule has 0 aromatic carbocycles. The molecule has 3 heterocycles. The molecule has 0 aliphatic carbocycles. The van der Waals surface area contributed by atoms with Gasteiger partial charge in [0.1, 0.15) is 12.2 Å². The Labute approximate surface area is 298 Å². The maximum atomic E-state index is 13.2. The molecule has 282 valence electrons. The number of amides is 3. The maximum Gasteiger partial charge on any atom is 0.330 e. The molecule has 0 radical (unpaired) electrons. The highest BCUT2D eigenvalue weighted by molar-refractivity contribution is 8.76. The van der Waals surface area contributed by atoms with Gasteiger partial charge in [0.2, 0.25) is 24.2 Å². The number of nitrogens with zero attached hydrogens (tertiary/aromatic N) is 1. The predicted octanol–water partition coefficient (Wildman–Crippen LogP) is -2.01. The van der Waals surface area contributed by atoms with Gasteiger partial charge < -0.3 is 49.5 Å². The Morgan fingerprint density at radius 3 is 2.08 bits per heavy atom. The van der Waals surface area contributed by atoms with Crippen LogP contribution < -0.4 is 27.6 Å². The number of nitrogens with one attached hydrogen (secondary N) is 3. The first-order chi connectivity index (χ1) is 24.1. The number of carbonyl (C=O) groups excluding carboxylic acids is 6. The summed E-state index contributed by atoms with van der Waals surface area (Å²) in [6.07, 6.45) is -10.4. The number of esters is 3. The summed E-state index contributed by atoms with van der Waals surface area (Å²) in [7, 11) is 4.10. The largest absolute Gasteiger partial charge is 0.455 e. The Morgan fingerprint density at radius 1 is 0.922 bits per heavy atom. The highest BCUT2D eigenvalue weighted by Crippen LogP contribution is 2.36. The minimum atomic E-state index is -1.88. The van der Waals surface area contributed by atoms with Crippen LogP contribution in [0, 0.1) is 0 Å². The summed E-state index contributed by atoms with van der Waals surface area (Å²) in [5, 5.41) is 5.30. The number of methoxy groups -OCH3 is 1. The van der Waals surface area contributed by atoms with E-state index in [1.807, 2.05) is 4.98 Å². The number of aromatic nitrogens is 2. The molecule has 5 N–H and O–H groups in total. The minimum absolute atomic E-state index is 0.145. The summed E-state index contributed by atoms with van der Waals surface area (Å²) < 4.78 is 40.2. The average Bonchev–Trinajstić information content (AvgIpc) is 3.37. The summed E-state index contributed by atoms with van der Waals surface area (Å²) in [6, 6.07) is 1.01. The molecule has 0 spiro atoms. The van der Waals surface area contributed by atoms with Crippen molar-refractivity contribution in [2.75, 3.05) is 31.7 Å². The second kappa shape index (κ2) is 19.3. The first-order valence-corrected chi connectivity index (χ1v) is 17.7. The number of hydrogen-bond acceptors (Lipinski definition) is 17. The van der Waals surface area contributed by atoms with Gasteiger partial charge in [-0.25, -0.2) is 4.79 Å². The van der Waals surface area contributed by atoms with Crippen LogP contribution in [0.1, 0.15) is 33.9 Å². The molecule has 51 heavy (non-hydrogen) atoms. The van der Waals surface area contributed by atoms with Crippen molar-refractivity contribution in [1.29, 1.82) is 0 Å². The third-order valence-corrected chi connectivity index (χ3v) is 9.28. The topological polar surface area (TPSA) is 272 Å². The van der Waals surface area contributed by atoms with Crippen LogP contribution in [0.15, 0.2) is 33.7 Å². The lowest BCUT2D eigenvalue weighted by atomic mass is 10.0. The van der Waals surface area contributed by atoms with E-state index < -0.39 is 95.9 Å². The summed E-state index contributed by atoms with van der Waals surface area (Å²) in [4.78, 5) is 99.8. The van der Waals surface area contributed by atoms with Crippen molar-refractivity contribution >= 4 is 57.2 Å². The predicted molar refractivity (Wildman–Crippen MR) is 176 cm³/mol. The van der Waals surface area contributed by atoms with Gasteiger partial charge in [-0.2, -0.15) is 0 Å². The zero-order chi connectivity index (χ0) is 37.8. The Morgan fingerprint density at radius 2 is 1.53 bits per heavy atom. The van der Waals surface area contributed by atoms with Crippen molar-refractivity contribution in [3.63, 3.8) is 0 Å². The quantitative estimate of drug-likeness (QED) is 0.0578. The van der Waals surface area contributed by atoms with Crippen molar-refractivity contribution in [2.45, 2.75) is 76.8 Å². The number of ether oxygens (including phenoxy) is 7. The number of primary amides is 1. The molecule has 1 aromatic rings. The normalized spacial score (nSPS) is 24.6. The van der Waals surface area contributed by atoms with Crippen LogP contribution in [0.4, 0.5) is 0 Å². The fraction of sp³-hybridized carbons (Fsp3) is 0.586. The van der Waals surface area contributed by atoms with Gasteiger partial charge in [-0.05, 0) is 0 Å². The summed E-state index contributed by atoms with van der Waals surface area (Å²) in [6.45, 7) is 5.24. The van der Waals surface area contributed by atoms with E-state index in [9.17, 15) is 38.4 Å². The molecule has 0 unspecified atom stereocenters. The lowest BCUT2D eigenvalue weighted by Gasteiger charge is -2.37. The van der Waals surface area contributed by atoms with Gasteiger partial charge in [0.15, 0.2) is 30.3 Å². The van der Waals surface area contributed by atoms with E-state index in [-0.39, 0.29) is 12.5 Å². The van der Waals surface area contributed by atoms with E-state index in [1.165, 1.54) is 35.6 Å². The monoisotopic (exact) mass is 761 g/mol. The van der Waals surface area contributed by atoms with Crippen LogP contribution in [0.3, 0.4) is 0 Å². The highest BCUT2D eigenvalue weighted by atomic mass is 33.1. The maximum absolute atomic E-state index is 13.2. The Hall–Kier alpha value is -4.38. The zero-order valence-corrected chi connectivity index (χ0v) is 29.8. The Kier molecular flexibility index (Phi) is 15.5. The van der Waals surface area contributed by atoms with E-state index in [0.717, 1.165) is 43.7 Å². The average molecular weight is 762 g/mol. The number of aromatic amines is 1. The first kappa shape index (κ1) is 41.0. The zero-order valence-electron chi connectivity index (χ0n) is 28.1. The smallest absolute Gasteiger partial charge is 0.330 e. The van der Waals surface area contributed by atoms with Gasteiger partial charge in [0.25, 0.3) is 11.5 Å². The lowest BCUT2D eigenvalue weighted by Crippen LogP contribution is -2.55. The van der Waals surface area contributed by atoms with Crippen LogP contribution >= 0.6 is 21.6 Å². The highest BCUT2D eigenvalue weighted by Gasteiger charge is 2.55. The van der Waals surface area contributed by atoms with E-state index in [1.54, 1.807) is 0 Å². The van der Waals surface area contributed by atoms with Crippen LogP contribution in [0.5, 0.6) is 0 Å². The molecule has 1 saturated heterocycles. The molecule has 20 nitrogen and oxygen atoms in total. The van der Waals surface area contributed by atoms with E-state index >= 15 is 0 Å². The second-order valence-corrected chi connectivity index (χ2v) is 13.5. The van der Waals surface area contributed by atoms with Gasteiger partial charge in [0, 0.05) is 77.7 Å². The number of H-pyrrole nitrogens is 1. The number of hydrogen-bond donors (Lipinski definition) is 4. The van der Waals surface area contributed by atoms with Gasteiger partial charge in [-0.15, -0.1) is 0 Å². The standard InChI is InChI=1S/C29H39N5O15S2/c1-13(35)31-7-10-50-51-11-8-32-26(41)18-12-17(44-14(2)36)20(45-15(3)37)28(47-18)49-23(25(30)40)22-21(43-5)24(46-16(4)38)27(48-22)34-9-6-19(39)33-29(34)42/h6,9,12,17,20-24,27-28H,7-8,10-11H2,1-5H3,(H2,30,40)(H,31,35)(H,32,41)(H,33,39,42)/t17-,20-,21+,22-,23-,24+,27+,28+/m0/s1. The molecule has 0 saturated carbocycles. The van der Waals surface area contributed by atoms with E-state index in [4.69, 9.17) is 38.9 Å². The number of nitrogens with two attached hydrogens (primary N) is 1. The molecular weight excluding hydrogens is 722 g/mol. The molecule has 3 amide bonds. The molecule has 3 rings (SSSR count). The van der Waals surface area contributed by atoms with Gasteiger partial charge in [0.05, 0.1) is 0 Å². The van der Waals surface area contributed by atoms with Crippen LogP contribution in [-0.2, 0) is 61.9 Å². The van der Waals surface area contributed by atoms with E-state index in [2.05, 4.69) is 10.6 Å². The number of rotatable bonds is 17. The minimum Gasteiger partial charge on any atom is -0.455 e. The third kappa shape index (κ3) is 11.8. The molecule has 2 aliphatic rings. The van der Waals surface area contributed by atoms with Crippen molar-refractivity contribution < 1.29 is 61.9 Å². The first-order valence-electron chi connectivity index (χ1n) is 15.2. The third-order valence-electron chi connectivity index (χ3n) is 6.88. The van der Waals surface area contributed by atoms with Crippen molar-refractivity contribution in [3.8, 4) is 0 Å². The summed E-state index contributed by atoms with van der Waals surface area (Å²) in [5.74, 6) is -3.97. The van der Waals surface area contributed by atoms with Crippen LogP contribution in [0.25, 0.3) is 0 Å².